The fourth-order valence-corrected chi connectivity index (χ4v) is 1.43. The van der Waals surface area contributed by atoms with E-state index in [1.165, 1.54) is 5.56 Å². The third-order valence-electron chi connectivity index (χ3n) is 2.43. The van der Waals surface area contributed by atoms with Gasteiger partial charge in [0.25, 0.3) is 0 Å². The smallest absolute Gasteiger partial charge is 0.394 e. The number of benzene rings is 1. The average Bonchev–Trinajstić information content (AvgIpc) is 2.29. The maximum Gasteiger partial charge on any atom is 0.394 e. The van der Waals surface area contributed by atoms with E-state index in [4.69, 9.17) is 5.11 Å². The molecule has 0 bridgehead atoms. The van der Waals surface area contributed by atoms with Crippen LogP contribution in [0.3, 0.4) is 0 Å². The Bertz CT molecular complexity index is 362. The first kappa shape index (κ1) is 12.2. The lowest BCUT2D eigenvalue weighted by atomic mass is 9.98. The van der Waals surface area contributed by atoms with Crippen LogP contribution in [0.25, 0.3) is 0 Å². The molecule has 1 aromatic carbocycles. The normalized spacial score (nSPS) is 11.8. The van der Waals surface area contributed by atoms with Crippen molar-refractivity contribution in [2.45, 2.75) is 19.3 Å². The highest BCUT2D eigenvalue weighted by atomic mass is 16.4. The molecule has 0 aliphatic carbocycles. The van der Waals surface area contributed by atoms with E-state index in [0.29, 0.717) is 12.5 Å². The number of carbonyl (C=O) groups is 2. The molecule has 0 heterocycles. The molecule has 0 saturated carbocycles. The van der Waals surface area contributed by atoms with Gasteiger partial charge in [-0.05, 0) is 17.9 Å². The van der Waals surface area contributed by atoms with Crippen LogP contribution in [0.2, 0.25) is 0 Å². The van der Waals surface area contributed by atoms with Gasteiger partial charge >= 0.3 is 11.9 Å². The summed E-state index contributed by atoms with van der Waals surface area (Å²) in [5.74, 6) is -2.08. The molecule has 0 spiro atoms. The molecule has 2 N–H and O–H groups in total. The van der Waals surface area contributed by atoms with Crippen LogP contribution in [0.5, 0.6) is 0 Å². The van der Waals surface area contributed by atoms with Crippen molar-refractivity contribution >= 4 is 11.9 Å². The van der Waals surface area contributed by atoms with Gasteiger partial charge in [-0.1, -0.05) is 37.3 Å². The van der Waals surface area contributed by atoms with Gasteiger partial charge in [-0.15, -0.1) is 0 Å². The summed E-state index contributed by atoms with van der Waals surface area (Å²) in [6.45, 7) is 2.42. The molecule has 4 nitrogen and oxygen atoms in total. The summed E-state index contributed by atoms with van der Waals surface area (Å²) < 4.78 is 0. The minimum atomic E-state index is -1.44. The Morgan fingerprint density at radius 2 is 1.94 bits per heavy atom. The molecule has 1 aromatic rings. The van der Waals surface area contributed by atoms with Gasteiger partial charge in [-0.2, -0.15) is 0 Å². The van der Waals surface area contributed by atoms with Crippen LogP contribution < -0.4 is 5.32 Å². The lowest BCUT2D eigenvalue weighted by Gasteiger charge is -2.11. The molecule has 0 radical (unpaired) electrons. The second-order valence-electron chi connectivity index (χ2n) is 3.66. The van der Waals surface area contributed by atoms with Gasteiger partial charge in [0, 0.05) is 6.54 Å². The SMILES string of the molecule is CC(CCNC(=O)C(=O)O)c1ccccc1. The van der Waals surface area contributed by atoms with Gasteiger partial charge in [0.2, 0.25) is 0 Å². The number of carboxylic acid groups (broad SMARTS) is 1. The Morgan fingerprint density at radius 3 is 2.50 bits per heavy atom. The third-order valence-corrected chi connectivity index (χ3v) is 2.43. The fourth-order valence-electron chi connectivity index (χ4n) is 1.43. The van der Waals surface area contributed by atoms with Crippen LogP contribution in [-0.2, 0) is 9.59 Å². The Balaban J connectivity index is 2.34. The maximum absolute atomic E-state index is 10.8. The Labute approximate surface area is 94.3 Å². The van der Waals surface area contributed by atoms with Crippen molar-refractivity contribution in [3.8, 4) is 0 Å². The molecule has 1 rings (SSSR count). The number of hydrogen-bond acceptors (Lipinski definition) is 2. The minimum Gasteiger partial charge on any atom is -0.474 e. The van der Waals surface area contributed by atoms with Crippen molar-refractivity contribution in [1.82, 2.24) is 5.32 Å². The third kappa shape index (κ3) is 3.73. The van der Waals surface area contributed by atoms with E-state index in [1.807, 2.05) is 37.3 Å². The van der Waals surface area contributed by atoms with Gasteiger partial charge in [0.05, 0.1) is 0 Å². The Hall–Kier alpha value is -1.84. The van der Waals surface area contributed by atoms with Crippen LogP contribution in [0.1, 0.15) is 24.8 Å². The van der Waals surface area contributed by atoms with E-state index in [0.717, 1.165) is 6.42 Å². The van der Waals surface area contributed by atoms with E-state index < -0.39 is 11.9 Å². The van der Waals surface area contributed by atoms with Gasteiger partial charge in [0.1, 0.15) is 0 Å². The van der Waals surface area contributed by atoms with E-state index >= 15 is 0 Å². The monoisotopic (exact) mass is 221 g/mol. The largest absolute Gasteiger partial charge is 0.474 e. The molecule has 16 heavy (non-hydrogen) atoms. The van der Waals surface area contributed by atoms with Crippen LogP contribution in [0, 0.1) is 0 Å². The Morgan fingerprint density at radius 1 is 1.31 bits per heavy atom. The van der Waals surface area contributed by atoms with Crippen LogP contribution in [0.15, 0.2) is 30.3 Å². The fraction of sp³-hybridized carbons (Fsp3) is 0.333. The highest BCUT2D eigenvalue weighted by Gasteiger charge is 2.11. The number of rotatable bonds is 4. The van der Waals surface area contributed by atoms with Crippen molar-refractivity contribution in [2.24, 2.45) is 0 Å². The van der Waals surface area contributed by atoms with Crippen molar-refractivity contribution in [1.29, 1.82) is 0 Å². The molecule has 86 valence electrons. The van der Waals surface area contributed by atoms with Crippen molar-refractivity contribution < 1.29 is 14.7 Å². The van der Waals surface area contributed by atoms with E-state index in [2.05, 4.69) is 5.32 Å². The molecule has 1 amide bonds. The van der Waals surface area contributed by atoms with Gasteiger partial charge in [-0.25, -0.2) is 4.79 Å². The number of amides is 1. The zero-order valence-electron chi connectivity index (χ0n) is 9.14. The minimum absolute atomic E-state index is 0.301. The van der Waals surface area contributed by atoms with E-state index in [-0.39, 0.29) is 0 Å². The first-order chi connectivity index (χ1) is 7.61. The van der Waals surface area contributed by atoms with Crippen LogP contribution in [-0.4, -0.2) is 23.5 Å². The molecule has 1 unspecified atom stereocenters. The molecule has 0 saturated heterocycles. The molecular weight excluding hydrogens is 206 g/mol. The first-order valence-electron chi connectivity index (χ1n) is 5.17. The maximum atomic E-state index is 10.8. The van der Waals surface area contributed by atoms with Gasteiger partial charge < -0.3 is 10.4 Å². The van der Waals surface area contributed by atoms with Crippen molar-refractivity contribution in [3.63, 3.8) is 0 Å². The average molecular weight is 221 g/mol. The zero-order chi connectivity index (χ0) is 12.0. The lowest BCUT2D eigenvalue weighted by Crippen LogP contribution is -2.31. The lowest BCUT2D eigenvalue weighted by molar-refractivity contribution is -0.150. The summed E-state index contributed by atoms with van der Waals surface area (Å²) in [6, 6.07) is 9.90. The molecule has 4 heteroatoms. The predicted octanol–water partition coefficient (Wildman–Crippen LogP) is 1.38. The molecule has 1 atom stereocenters. The standard InChI is InChI=1S/C12H15NO3/c1-9(10-5-3-2-4-6-10)7-8-13-11(14)12(15)16/h2-6,9H,7-8H2,1H3,(H,13,14)(H,15,16). The van der Waals surface area contributed by atoms with Gasteiger partial charge in [0.15, 0.2) is 0 Å². The molecule has 0 aromatic heterocycles. The topological polar surface area (TPSA) is 66.4 Å². The number of aliphatic carboxylic acids is 1. The van der Waals surface area contributed by atoms with Crippen molar-refractivity contribution in [2.75, 3.05) is 6.54 Å². The summed E-state index contributed by atoms with van der Waals surface area (Å²) >= 11 is 0. The number of carbonyl (C=O) groups excluding carboxylic acids is 1. The summed E-state index contributed by atoms with van der Waals surface area (Å²) in [7, 11) is 0. The summed E-state index contributed by atoms with van der Waals surface area (Å²) in [5, 5.41) is 10.7. The number of hydrogen-bond donors (Lipinski definition) is 2. The van der Waals surface area contributed by atoms with Crippen molar-refractivity contribution in [3.05, 3.63) is 35.9 Å². The zero-order valence-corrected chi connectivity index (χ0v) is 9.14. The van der Waals surface area contributed by atoms with Crippen LogP contribution >= 0.6 is 0 Å². The first-order valence-corrected chi connectivity index (χ1v) is 5.17. The van der Waals surface area contributed by atoms with Gasteiger partial charge in [-0.3, -0.25) is 4.79 Å². The van der Waals surface area contributed by atoms with E-state index in [9.17, 15) is 9.59 Å². The molecule has 0 aliphatic rings. The molecule has 0 aliphatic heterocycles. The van der Waals surface area contributed by atoms with Crippen LogP contribution in [0.4, 0.5) is 0 Å². The quantitative estimate of drug-likeness (QED) is 0.755. The number of nitrogens with one attached hydrogen (secondary N) is 1. The predicted molar refractivity (Wildman–Crippen MR) is 60.1 cm³/mol. The number of carboxylic acids is 1. The highest BCUT2D eigenvalue weighted by molar-refractivity contribution is 6.31. The Kier molecular flexibility index (Phi) is 4.51. The second-order valence-corrected chi connectivity index (χ2v) is 3.66. The molecule has 0 fully saturated rings. The summed E-state index contributed by atoms with van der Waals surface area (Å²) in [5.41, 5.74) is 1.19. The molecular formula is C12H15NO3. The van der Waals surface area contributed by atoms with E-state index in [1.54, 1.807) is 0 Å². The second kappa shape index (κ2) is 5.90. The summed E-state index contributed by atoms with van der Waals surface area (Å²) in [6.07, 6.45) is 0.725. The summed E-state index contributed by atoms with van der Waals surface area (Å²) in [4.78, 5) is 21.0. The highest BCUT2D eigenvalue weighted by Crippen LogP contribution is 2.17.